The number of esters is 2. The molecule has 1 fully saturated rings. The summed E-state index contributed by atoms with van der Waals surface area (Å²) in [6, 6.07) is 10.2. The fourth-order valence-electron chi connectivity index (χ4n) is 4.95. The van der Waals surface area contributed by atoms with Crippen molar-refractivity contribution in [2.75, 3.05) is 13.2 Å². The molecule has 1 aliphatic rings. The Morgan fingerprint density at radius 1 is 1.13 bits per heavy atom. The van der Waals surface area contributed by atoms with Gasteiger partial charge in [0.05, 0.1) is 17.9 Å². The van der Waals surface area contributed by atoms with Crippen molar-refractivity contribution in [3.8, 4) is 0 Å². The maximum Gasteiger partial charge on any atom is 0.311 e. The number of ether oxygens (including phenoxy) is 2. The van der Waals surface area contributed by atoms with Crippen LogP contribution in [-0.2, 0) is 19.1 Å². The van der Waals surface area contributed by atoms with E-state index < -0.39 is 11.3 Å². The van der Waals surface area contributed by atoms with Crippen LogP contribution < -0.4 is 0 Å². The lowest BCUT2D eigenvalue weighted by molar-refractivity contribution is -0.168. The standard InChI is InChI=1S/C26H40O5/c1-5-21(22-12-8-7-9-13-22)19-25(4,24(29)30-17-16-27)18-20(3)23(28)31-26(6-2)14-10-11-15-26/h7-9,12-13,20-21,27H,5-6,10-11,14-19H2,1-4H3. The molecular weight excluding hydrogens is 392 g/mol. The molecule has 1 saturated carbocycles. The fraction of sp³-hybridized carbons (Fsp3) is 0.692. The van der Waals surface area contributed by atoms with Crippen molar-refractivity contribution in [1.29, 1.82) is 0 Å². The van der Waals surface area contributed by atoms with E-state index in [2.05, 4.69) is 26.0 Å². The number of carbonyl (C=O) groups excluding carboxylic acids is 2. The molecule has 2 rings (SSSR count). The summed E-state index contributed by atoms with van der Waals surface area (Å²) in [6.07, 6.45) is 6.67. The maximum atomic E-state index is 13.0. The summed E-state index contributed by atoms with van der Waals surface area (Å²) in [6.45, 7) is 7.67. The summed E-state index contributed by atoms with van der Waals surface area (Å²) < 4.78 is 11.4. The van der Waals surface area contributed by atoms with Crippen LogP contribution in [0, 0.1) is 11.3 Å². The smallest absolute Gasteiger partial charge is 0.311 e. The van der Waals surface area contributed by atoms with E-state index in [-0.39, 0.29) is 36.7 Å². The van der Waals surface area contributed by atoms with Crippen LogP contribution in [0.1, 0.15) is 90.5 Å². The van der Waals surface area contributed by atoms with Crippen LogP contribution >= 0.6 is 0 Å². The number of hydrogen-bond acceptors (Lipinski definition) is 5. The van der Waals surface area contributed by atoms with Crippen molar-refractivity contribution >= 4 is 11.9 Å². The molecule has 0 spiro atoms. The van der Waals surface area contributed by atoms with Gasteiger partial charge in [-0.05, 0) is 69.8 Å². The minimum atomic E-state index is -0.848. The molecule has 1 N–H and O–H groups in total. The Kier molecular flexibility index (Phi) is 9.54. The van der Waals surface area contributed by atoms with Crippen molar-refractivity contribution in [2.45, 2.75) is 90.6 Å². The number of benzene rings is 1. The Labute approximate surface area is 187 Å². The van der Waals surface area contributed by atoms with E-state index in [1.54, 1.807) is 0 Å². The molecular formula is C26H40O5. The quantitative estimate of drug-likeness (QED) is 0.447. The third-order valence-corrected chi connectivity index (χ3v) is 6.91. The Morgan fingerprint density at radius 3 is 2.32 bits per heavy atom. The third kappa shape index (κ3) is 6.80. The largest absolute Gasteiger partial charge is 0.463 e. The average molecular weight is 433 g/mol. The van der Waals surface area contributed by atoms with E-state index in [9.17, 15) is 9.59 Å². The number of hydrogen-bond donors (Lipinski definition) is 1. The van der Waals surface area contributed by atoms with Crippen molar-refractivity contribution in [3.05, 3.63) is 35.9 Å². The molecule has 0 heterocycles. The third-order valence-electron chi connectivity index (χ3n) is 6.91. The summed E-state index contributed by atoms with van der Waals surface area (Å²) in [5.74, 6) is -0.823. The van der Waals surface area contributed by atoms with Crippen LogP contribution in [0.2, 0.25) is 0 Å². The zero-order valence-electron chi connectivity index (χ0n) is 19.7. The van der Waals surface area contributed by atoms with E-state index in [4.69, 9.17) is 14.6 Å². The van der Waals surface area contributed by atoms with Gasteiger partial charge >= 0.3 is 11.9 Å². The monoisotopic (exact) mass is 432 g/mol. The highest BCUT2D eigenvalue weighted by molar-refractivity contribution is 5.79. The lowest BCUT2D eigenvalue weighted by Gasteiger charge is -2.34. The first kappa shape index (κ1) is 25.4. The minimum absolute atomic E-state index is 0.0334. The van der Waals surface area contributed by atoms with Crippen LogP contribution in [0.15, 0.2) is 30.3 Å². The Balaban J connectivity index is 2.17. The number of aliphatic hydroxyl groups is 1. The molecule has 1 aromatic carbocycles. The van der Waals surface area contributed by atoms with Gasteiger partial charge in [0.2, 0.25) is 0 Å². The van der Waals surface area contributed by atoms with Crippen LogP contribution in [0.5, 0.6) is 0 Å². The van der Waals surface area contributed by atoms with Gasteiger partial charge in [-0.3, -0.25) is 9.59 Å². The molecule has 0 amide bonds. The predicted octanol–water partition coefficient (Wildman–Crippen LogP) is 5.40. The molecule has 0 aromatic heterocycles. The fourth-order valence-corrected chi connectivity index (χ4v) is 4.95. The molecule has 0 aliphatic heterocycles. The summed E-state index contributed by atoms with van der Waals surface area (Å²) in [5.41, 5.74) is -0.00814. The Bertz CT molecular complexity index is 695. The average Bonchev–Trinajstić information content (AvgIpc) is 3.25. The van der Waals surface area contributed by atoms with E-state index in [0.717, 1.165) is 38.5 Å². The van der Waals surface area contributed by atoms with Gasteiger partial charge in [-0.15, -0.1) is 0 Å². The van der Waals surface area contributed by atoms with E-state index >= 15 is 0 Å². The summed E-state index contributed by atoms with van der Waals surface area (Å²) in [5, 5.41) is 9.12. The predicted molar refractivity (Wildman–Crippen MR) is 122 cm³/mol. The van der Waals surface area contributed by atoms with Gasteiger partial charge in [-0.25, -0.2) is 0 Å². The lowest BCUT2D eigenvalue weighted by Crippen LogP contribution is -2.38. The van der Waals surface area contributed by atoms with E-state index in [1.807, 2.05) is 32.0 Å². The minimum Gasteiger partial charge on any atom is -0.463 e. The normalized spacial score (nSPS) is 19.3. The Morgan fingerprint density at radius 2 is 1.77 bits per heavy atom. The molecule has 174 valence electrons. The first-order valence-electron chi connectivity index (χ1n) is 11.8. The van der Waals surface area contributed by atoms with Gasteiger partial charge in [-0.2, -0.15) is 0 Å². The van der Waals surface area contributed by atoms with Crippen LogP contribution in [0.3, 0.4) is 0 Å². The molecule has 3 unspecified atom stereocenters. The highest BCUT2D eigenvalue weighted by Gasteiger charge is 2.42. The second-order valence-electron chi connectivity index (χ2n) is 9.41. The topological polar surface area (TPSA) is 72.8 Å². The molecule has 31 heavy (non-hydrogen) atoms. The summed E-state index contributed by atoms with van der Waals surface area (Å²) in [4.78, 5) is 26.0. The molecule has 0 radical (unpaired) electrons. The zero-order chi connectivity index (χ0) is 22.9. The number of carbonyl (C=O) groups is 2. The van der Waals surface area contributed by atoms with Gasteiger partial charge in [0, 0.05) is 0 Å². The van der Waals surface area contributed by atoms with Crippen molar-refractivity contribution < 1.29 is 24.2 Å². The van der Waals surface area contributed by atoms with Gasteiger partial charge in [0.1, 0.15) is 12.2 Å². The van der Waals surface area contributed by atoms with Gasteiger partial charge < -0.3 is 14.6 Å². The second-order valence-corrected chi connectivity index (χ2v) is 9.41. The number of rotatable bonds is 12. The highest BCUT2D eigenvalue weighted by atomic mass is 16.6. The van der Waals surface area contributed by atoms with Gasteiger partial charge in [-0.1, -0.05) is 51.1 Å². The maximum absolute atomic E-state index is 13.0. The molecule has 0 saturated heterocycles. The van der Waals surface area contributed by atoms with Crippen LogP contribution in [-0.4, -0.2) is 35.9 Å². The van der Waals surface area contributed by atoms with Crippen molar-refractivity contribution in [2.24, 2.45) is 11.3 Å². The second kappa shape index (κ2) is 11.7. The van der Waals surface area contributed by atoms with Gasteiger partial charge in [0.25, 0.3) is 0 Å². The molecule has 0 bridgehead atoms. The van der Waals surface area contributed by atoms with Crippen LogP contribution in [0.4, 0.5) is 0 Å². The molecule has 1 aliphatic carbocycles. The molecule has 5 nitrogen and oxygen atoms in total. The first-order valence-corrected chi connectivity index (χ1v) is 11.8. The molecule has 5 heteroatoms. The van der Waals surface area contributed by atoms with Gasteiger partial charge in [0.15, 0.2) is 0 Å². The lowest BCUT2D eigenvalue weighted by atomic mass is 9.72. The summed E-state index contributed by atoms with van der Waals surface area (Å²) in [7, 11) is 0. The molecule has 1 aromatic rings. The number of aliphatic hydroxyl groups excluding tert-OH is 1. The SMILES string of the molecule is CCC(CC(C)(CC(C)C(=O)OC1(CC)CCCC1)C(=O)OCCO)c1ccccc1. The summed E-state index contributed by atoms with van der Waals surface area (Å²) >= 11 is 0. The Hall–Kier alpha value is -1.88. The van der Waals surface area contributed by atoms with E-state index in [1.165, 1.54) is 5.56 Å². The van der Waals surface area contributed by atoms with Crippen molar-refractivity contribution in [1.82, 2.24) is 0 Å². The first-order chi connectivity index (χ1) is 14.8. The van der Waals surface area contributed by atoms with Crippen molar-refractivity contribution in [3.63, 3.8) is 0 Å². The highest BCUT2D eigenvalue weighted by Crippen LogP contribution is 2.41. The van der Waals surface area contributed by atoms with E-state index in [0.29, 0.717) is 12.8 Å². The zero-order valence-corrected chi connectivity index (χ0v) is 19.7. The van der Waals surface area contributed by atoms with Crippen LogP contribution in [0.25, 0.3) is 0 Å². The molecule has 3 atom stereocenters.